The Morgan fingerprint density at radius 2 is 1.45 bits per heavy atom. The minimum absolute atomic E-state index is 0.0297. The van der Waals surface area contributed by atoms with E-state index in [0.717, 1.165) is 0 Å². The van der Waals surface area contributed by atoms with Crippen LogP contribution in [0, 0.1) is 11.8 Å². The van der Waals surface area contributed by atoms with Crippen molar-refractivity contribution < 1.29 is 19.0 Å². The lowest BCUT2D eigenvalue weighted by Gasteiger charge is -2.14. The van der Waals surface area contributed by atoms with Gasteiger partial charge >= 0.3 is 6.09 Å². The van der Waals surface area contributed by atoms with Crippen LogP contribution in [0.4, 0.5) is 4.79 Å². The summed E-state index contributed by atoms with van der Waals surface area (Å²) in [4.78, 5) is 12.2. The Labute approximate surface area is 182 Å². The molecule has 3 aromatic carbocycles. The lowest BCUT2D eigenvalue weighted by atomic mass is 9.98. The number of hydrogen-bond acceptors (Lipinski definition) is 4. The maximum Gasteiger partial charge on any atom is 0.407 e. The molecule has 31 heavy (non-hydrogen) atoms. The first-order valence-corrected chi connectivity index (χ1v) is 10.0. The molecule has 0 aliphatic heterocycles. The fourth-order valence-corrected chi connectivity index (χ4v) is 3.87. The third-order valence-corrected chi connectivity index (χ3v) is 5.31. The lowest BCUT2D eigenvalue weighted by molar-refractivity contribution is 0.144. The summed E-state index contributed by atoms with van der Waals surface area (Å²) < 4.78 is 16.2. The quantitative estimate of drug-likeness (QED) is 0.622. The Morgan fingerprint density at radius 3 is 2.03 bits per heavy atom. The van der Waals surface area contributed by atoms with Crippen LogP contribution in [-0.4, -0.2) is 33.5 Å². The molecule has 0 radical (unpaired) electrons. The van der Waals surface area contributed by atoms with E-state index < -0.39 is 6.09 Å². The Morgan fingerprint density at radius 1 is 0.871 bits per heavy atom. The standard InChI is InChI=1S/C26H23NO4/c1-29-24-14-7-15-25(30-2)22(24)13-8-16-27-26(28)31-17-23-20-11-5-3-9-18(20)19-10-4-6-12-21(19)23/h3-7,9-12,14-15,23H,16-17H2,1-2H3,(H,27,28). The van der Waals surface area contributed by atoms with E-state index in [4.69, 9.17) is 14.2 Å². The van der Waals surface area contributed by atoms with Gasteiger partial charge in [0.25, 0.3) is 0 Å². The van der Waals surface area contributed by atoms with Crippen LogP contribution >= 0.6 is 0 Å². The van der Waals surface area contributed by atoms with Crippen LogP contribution in [0.1, 0.15) is 22.6 Å². The molecule has 0 bridgehead atoms. The van der Waals surface area contributed by atoms with Crippen molar-refractivity contribution in [1.29, 1.82) is 0 Å². The number of carbonyl (C=O) groups excluding carboxylic acids is 1. The summed E-state index contributed by atoms with van der Waals surface area (Å²) in [6.45, 7) is 0.422. The molecule has 0 saturated carbocycles. The average molecular weight is 413 g/mol. The number of benzene rings is 3. The van der Waals surface area contributed by atoms with Crippen molar-refractivity contribution in [2.45, 2.75) is 5.92 Å². The molecule has 1 aliphatic rings. The second kappa shape index (κ2) is 9.27. The van der Waals surface area contributed by atoms with Gasteiger partial charge in [-0.05, 0) is 34.4 Å². The predicted octanol–water partition coefficient (Wildman–Crippen LogP) is 4.59. The minimum atomic E-state index is -0.497. The van der Waals surface area contributed by atoms with Crippen LogP contribution in [0.5, 0.6) is 11.5 Å². The Bertz CT molecular complexity index is 1090. The number of hydrogen-bond donors (Lipinski definition) is 1. The van der Waals surface area contributed by atoms with E-state index >= 15 is 0 Å². The van der Waals surface area contributed by atoms with E-state index in [9.17, 15) is 4.79 Å². The summed E-state index contributed by atoms with van der Waals surface area (Å²) in [6.07, 6.45) is -0.497. The van der Waals surface area contributed by atoms with Crippen LogP contribution < -0.4 is 14.8 Å². The van der Waals surface area contributed by atoms with E-state index in [2.05, 4.69) is 41.4 Å². The zero-order valence-electron chi connectivity index (χ0n) is 17.5. The number of alkyl carbamates (subject to hydrolysis) is 1. The summed E-state index contributed by atoms with van der Waals surface area (Å²) in [5.74, 6) is 7.18. The van der Waals surface area contributed by atoms with Crippen LogP contribution in [0.3, 0.4) is 0 Å². The molecular weight excluding hydrogens is 390 g/mol. The number of ether oxygens (including phenoxy) is 3. The lowest BCUT2D eigenvalue weighted by Crippen LogP contribution is -2.26. The molecule has 156 valence electrons. The molecule has 4 rings (SSSR count). The maximum atomic E-state index is 12.2. The highest BCUT2D eigenvalue weighted by atomic mass is 16.5. The first-order chi connectivity index (χ1) is 15.2. The smallest absolute Gasteiger partial charge is 0.407 e. The highest BCUT2D eigenvalue weighted by Gasteiger charge is 2.28. The second-order valence-corrected chi connectivity index (χ2v) is 7.02. The van der Waals surface area contributed by atoms with E-state index in [0.29, 0.717) is 17.1 Å². The SMILES string of the molecule is COc1cccc(OC)c1C#CCNC(=O)OCC1c2ccccc2-c2ccccc21. The van der Waals surface area contributed by atoms with Gasteiger partial charge in [0.15, 0.2) is 0 Å². The van der Waals surface area contributed by atoms with Gasteiger partial charge in [0, 0.05) is 5.92 Å². The van der Waals surface area contributed by atoms with Crippen LogP contribution in [-0.2, 0) is 4.74 Å². The van der Waals surface area contributed by atoms with Gasteiger partial charge in [0.1, 0.15) is 23.7 Å². The van der Waals surface area contributed by atoms with E-state index in [1.165, 1.54) is 22.3 Å². The number of nitrogens with one attached hydrogen (secondary N) is 1. The first kappa shape index (κ1) is 20.4. The molecule has 0 atom stereocenters. The minimum Gasteiger partial charge on any atom is -0.495 e. The highest BCUT2D eigenvalue weighted by molar-refractivity contribution is 5.79. The summed E-state index contributed by atoms with van der Waals surface area (Å²) in [7, 11) is 3.16. The summed E-state index contributed by atoms with van der Waals surface area (Å²) >= 11 is 0. The normalized spacial score (nSPS) is 11.5. The molecule has 3 aromatic rings. The molecule has 5 nitrogen and oxygen atoms in total. The monoisotopic (exact) mass is 413 g/mol. The van der Waals surface area contributed by atoms with Crippen LogP contribution in [0.15, 0.2) is 66.7 Å². The molecule has 5 heteroatoms. The van der Waals surface area contributed by atoms with Gasteiger partial charge in [0.2, 0.25) is 0 Å². The first-order valence-electron chi connectivity index (χ1n) is 10.0. The van der Waals surface area contributed by atoms with Gasteiger partial charge in [-0.15, -0.1) is 0 Å². The molecule has 1 N–H and O–H groups in total. The van der Waals surface area contributed by atoms with Gasteiger partial charge in [-0.2, -0.15) is 0 Å². The third kappa shape index (κ3) is 4.19. The molecular formula is C26H23NO4. The van der Waals surface area contributed by atoms with Crippen molar-refractivity contribution in [2.24, 2.45) is 0 Å². The summed E-state index contributed by atoms with van der Waals surface area (Å²) in [5.41, 5.74) is 5.40. The molecule has 1 amide bonds. The topological polar surface area (TPSA) is 56.8 Å². The fourth-order valence-electron chi connectivity index (χ4n) is 3.87. The largest absolute Gasteiger partial charge is 0.495 e. The molecule has 0 spiro atoms. The zero-order valence-corrected chi connectivity index (χ0v) is 17.5. The summed E-state index contributed by atoms with van der Waals surface area (Å²) in [6, 6.07) is 21.9. The van der Waals surface area contributed by atoms with Crippen LogP contribution in [0.2, 0.25) is 0 Å². The highest BCUT2D eigenvalue weighted by Crippen LogP contribution is 2.44. The molecule has 0 heterocycles. The summed E-state index contributed by atoms with van der Waals surface area (Å²) in [5, 5.41) is 2.68. The van der Waals surface area contributed by atoms with Gasteiger partial charge in [-0.3, -0.25) is 0 Å². The van der Waals surface area contributed by atoms with Gasteiger partial charge in [-0.1, -0.05) is 66.4 Å². The number of carbonyl (C=O) groups is 1. The van der Waals surface area contributed by atoms with Crippen molar-refractivity contribution in [2.75, 3.05) is 27.4 Å². The Kier molecular flexibility index (Phi) is 6.09. The van der Waals surface area contributed by atoms with E-state index in [-0.39, 0.29) is 19.1 Å². The van der Waals surface area contributed by atoms with E-state index in [1.54, 1.807) is 14.2 Å². The molecule has 0 unspecified atom stereocenters. The molecule has 0 fully saturated rings. The maximum absolute atomic E-state index is 12.2. The fraction of sp³-hybridized carbons (Fsp3) is 0.192. The van der Waals surface area contributed by atoms with Crippen molar-refractivity contribution in [3.05, 3.63) is 83.4 Å². The van der Waals surface area contributed by atoms with Gasteiger partial charge in [-0.25, -0.2) is 4.79 Å². The van der Waals surface area contributed by atoms with Crippen molar-refractivity contribution in [3.8, 4) is 34.5 Å². The van der Waals surface area contributed by atoms with Gasteiger partial charge in [0.05, 0.1) is 20.8 Å². The van der Waals surface area contributed by atoms with Crippen molar-refractivity contribution in [1.82, 2.24) is 5.32 Å². The van der Waals surface area contributed by atoms with Crippen LogP contribution in [0.25, 0.3) is 11.1 Å². The number of amides is 1. The number of rotatable bonds is 5. The Hall–Kier alpha value is -3.91. The van der Waals surface area contributed by atoms with Gasteiger partial charge < -0.3 is 19.5 Å². The number of fused-ring (bicyclic) bond motifs is 3. The predicted molar refractivity (Wildman–Crippen MR) is 119 cm³/mol. The van der Waals surface area contributed by atoms with E-state index in [1.807, 2.05) is 42.5 Å². The number of methoxy groups -OCH3 is 2. The molecule has 0 saturated heterocycles. The zero-order chi connectivity index (χ0) is 21.6. The molecule has 0 aromatic heterocycles. The van der Waals surface area contributed by atoms with Crippen molar-refractivity contribution in [3.63, 3.8) is 0 Å². The molecule has 1 aliphatic carbocycles. The Balaban J connectivity index is 1.37. The second-order valence-electron chi connectivity index (χ2n) is 7.02. The third-order valence-electron chi connectivity index (χ3n) is 5.31. The average Bonchev–Trinajstić information content (AvgIpc) is 3.14. The van der Waals surface area contributed by atoms with Crippen molar-refractivity contribution >= 4 is 6.09 Å².